The minimum absolute atomic E-state index is 0.0865. The number of phosphoric ester groups is 1. The van der Waals surface area contributed by atoms with E-state index in [-0.39, 0.29) is 12.0 Å². The largest absolute Gasteiger partial charge is 0.490 e. The maximum absolute atomic E-state index is 12.1. The van der Waals surface area contributed by atoms with Crippen LogP contribution in [-0.2, 0) is 36.3 Å². The number of aryl methyl sites for hydroxylation is 1. The van der Waals surface area contributed by atoms with E-state index in [2.05, 4.69) is 28.2 Å². The Kier molecular flexibility index (Phi) is 8.95. The second-order valence-electron chi connectivity index (χ2n) is 6.30. The van der Waals surface area contributed by atoms with E-state index in [0.717, 1.165) is 4.57 Å². The van der Waals surface area contributed by atoms with Gasteiger partial charge >= 0.3 is 29.2 Å². The Balaban J connectivity index is 2.16. The minimum Gasteiger partial charge on any atom is -0.369 e. The van der Waals surface area contributed by atoms with Crippen LogP contribution in [0.4, 0.5) is 0 Å². The number of nitrogens with zero attached hydrogens (tertiary/aromatic N) is 4. The Morgan fingerprint density at radius 3 is 2.52 bits per heavy atom. The summed E-state index contributed by atoms with van der Waals surface area (Å²) in [5.74, 6) is 0. The Bertz CT molecular complexity index is 1170. The molecule has 33 heavy (non-hydrogen) atoms. The number of ether oxygens (including phenoxy) is 2. The minimum atomic E-state index is -5.72. The number of H-pyrrole nitrogens is 1. The van der Waals surface area contributed by atoms with Crippen molar-refractivity contribution in [3.05, 3.63) is 43.0 Å². The van der Waals surface area contributed by atoms with Crippen molar-refractivity contribution in [2.45, 2.75) is 31.8 Å². The van der Waals surface area contributed by atoms with Gasteiger partial charge in [-0.2, -0.15) is 8.62 Å². The molecule has 5 atom stereocenters. The van der Waals surface area contributed by atoms with Gasteiger partial charge < -0.3 is 29.0 Å². The third kappa shape index (κ3) is 8.55. The molecule has 0 bridgehead atoms. The van der Waals surface area contributed by atoms with Crippen molar-refractivity contribution in [3.63, 3.8) is 0 Å². The molecule has 186 valence electrons. The topological polar surface area (TPSA) is 282 Å². The number of hydrogen-bond donors (Lipinski definition) is 5. The Morgan fingerprint density at radius 1 is 1.24 bits per heavy atom. The summed E-state index contributed by atoms with van der Waals surface area (Å²) in [5.41, 5.74) is 7.07. The molecule has 2 rings (SSSR count). The fraction of sp³-hybridized carbons (Fsp3) is 0.636. The molecule has 0 aromatic carbocycles. The van der Waals surface area contributed by atoms with Crippen LogP contribution in [0.5, 0.6) is 0 Å². The molecule has 0 amide bonds. The zero-order valence-electron chi connectivity index (χ0n) is 16.4. The van der Waals surface area contributed by atoms with Crippen LogP contribution >= 0.6 is 23.5 Å². The van der Waals surface area contributed by atoms with Crippen molar-refractivity contribution >= 4 is 23.5 Å². The average Bonchev–Trinajstić information content (AvgIpc) is 3.03. The highest BCUT2D eigenvalue weighted by molar-refractivity contribution is 7.66. The lowest BCUT2D eigenvalue weighted by molar-refractivity contribution is -0.0601. The van der Waals surface area contributed by atoms with E-state index in [1.54, 1.807) is 0 Å². The summed E-state index contributed by atoms with van der Waals surface area (Å²) >= 11 is 0. The normalized spacial score (nSPS) is 24.6. The van der Waals surface area contributed by atoms with Gasteiger partial charge in [0.15, 0.2) is 0 Å². The number of azide groups is 1. The van der Waals surface area contributed by atoms with Crippen LogP contribution in [0.15, 0.2) is 20.9 Å². The summed E-state index contributed by atoms with van der Waals surface area (Å²) < 4.78 is 57.6. The van der Waals surface area contributed by atoms with Gasteiger partial charge in [0.25, 0.3) is 5.56 Å². The molecule has 1 aliphatic heterocycles. The molecule has 0 aliphatic carbocycles. The third-order valence-corrected chi connectivity index (χ3v) is 7.67. The summed E-state index contributed by atoms with van der Waals surface area (Å²) in [7, 11) is -16.7. The van der Waals surface area contributed by atoms with Crippen LogP contribution in [0.3, 0.4) is 0 Å². The van der Waals surface area contributed by atoms with Crippen molar-refractivity contribution in [2.75, 3.05) is 13.3 Å². The van der Waals surface area contributed by atoms with Crippen LogP contribution in [0.25, 0.3) is 10.4 Å². The second-order valence-corrected chi connectivity index (χ2v) is 10.7. The lowest BCUT2D eigenvalue weighted by Crippen LogP contribution is -2.33. The zero-order valence-corrected chi connectivity index (χ0v) is 19.1. The van der Waals surface area contributed by atoms with E-state index in [9.17, 15) is 33.1 Å². The number of aromatic nitrogens is 2. The van der Waals surface area contributed by atoms with Gasteiger partial charge in [0, 0.05) is 23.1 Å². The predicted octanol–water partition coefficient (Wildman–Crippen LogP) is 0.129. The number of hydrogen-bond acceptors (Lipinski definition) is 11. The summed E-state index contributed by atoms with van der Waals surface area (Å²) in [6, 6.07) is 0. The zero-order chi connectivity index (χ0) is 25.0. The van der Waals surface area contributed by atoms with Gasteiger partial charge in [-0.1, -0.05) is 5.11 Å². The van der Waals surface area contributed by atoms with Crippen LogP contribution in [0.1, 0.15) is 18.2 Å². The quantitative estimate of drug-likeness (QED) is 0.109. The fourth-order valence-electron chi connectivity index (χ4n) is 2.62. The number of aromatic amines is 1. The van der Waals surface area contributed by atoms with E-state index in [4.69, 9.17) is 24.8 Å². The van der Waals surface area contributed by atoms with E-state index >= 15 is 0 Å². The number of nitrogens with one attached hydrogen (secondary N) is 1. The molecule has 1 aromatic heterocycles. The van der Waals surface area contributed by atoms with Crippen LogP contribution < -0.4 is 11.2 Å². The molecule has 19 nitrogen and oxygen atoms in total. The Morgan fingerprint density at radius 2 is 1.91 bits per heavy atom. The van der Waals surface area contributed by atoms with Gasteiger partial charge in [0.05, 0.1) is 12.7 Å². The molecule has 1 saturated heterocycles. The Labute approximate surface area is 182 Å². The molecule has 5 unspecified atom stereocenters. The summed E-state index contributed by atoms with van der Waals surface area (Å²) in [4.78, 5) is 64.0. The van der Waals surface area contributed by atoms with E-state index < -0.39 is 66.5 Å². The highest BCUT2D eigenvalue weighted by Gasteiger charge is 2.43. The van der Waals surface area contributed by atoms with Gasteiger partial charge in [-0.15, -0.1) is 0 Å². The molecule has 1 aliphatic rings. The first-order chi connectivity index (χ1) is 15.1. The van der Waals surface area contributed by atoms with Crippen molar-refractivity contribution in [2.24, 2.45) is 5.11 Å². The summed E-state index contributed by atoms with van der Waals surface area (Å²) in [6.07, 6.45) is -2.21. The Hall–Kier alpha value is -1.68. The van der Waals surface area contributed by atoms with Gasteiger partial charge in [0.1, 0.15) is 19.1 Å². The monoisotopic (exact) mass is 537 g/mol. The second kappa shape index (κ2) is 10.7. The predicted molar refractivity (Wildman–Crippen MR) is 103 cm³/mol. The molecule has 22 heteroatoms. The summed E-state index contributed by atoms with van der Waals surface area (Å²) in [6.45, 7) is 0.0624. The first-order valence-electron chi connectivity index (χ1n) is 8.51. The van der Waals surface area contributed by atoms with E-state index in [1.807, 2.05) is 0 Å². The number of phosphoric acid groups is 3. The van der Waals surface area contributed by atoms with Crippen LogP contribution in [0, 0.1) is 6.92 Å². The third-order valence-electron chi connectivity index (χ3n) is 3.86. The maximum Gasteiger partial charge on any atom is 0.490 e. The fourth-order valence-corrected chi connectivity index (χ4v) is 5.65. The van der Waals surface area contributed by atoms with Gasteiger partial charge in [-0.3, -0.25) is 18.9 Å². The molecular formula is C11H18N5O14P3. The highest BCUT2D eigenvalue weighted by atomic mass is 31.3. The number of rotatable bonds is 11. The maximum atomic E-state index is 12.1. The molecule has 0 saturated carbocycles. The molecule has 1 aromatic rings. The molecule has 1 fully saturated rings. The van der Waals surface area contributed by atoms with E-state index in [1.165, 1.54) is 13.1 Å². The SMILES string of the molecule is Cc1cn(C2CC(OCN=[N+]=[N-])C(COP(=O)(O)OP(=O)(O)OP(=O)(O)O)O2)c(=O)[nH]c1=O. The van der Waals surface area contributed by atoms with Crippen LogP contribution in [0.2, 0.25) is 0 Å². The van der Waals surface area contributed by atoms with Crippen molar-refractivity contribution in [1.29, 1.82) is 0 Å². The lowest BCUT2D eigenvalue weighted by Gasteiger charge is -2.21. The first-order valence-corrected chi connectivity index (χ1v) is 13.0. The van der Waals surface area contributed by atoms with Crippen molar-refractivity contribution < 1.29 is 55.9 Å². The average molecular weight is 537 g/mol. The van der Waals surface area contributed by atoms with E-state index in [0.29, 0.717) is 0 Å². The van der Waals surface area contributed by atoms with Gasteiger partial charge in [-0.05, 0) is 12.5 Å². The van der Waals surface area contributed by atoms with Crippen molar-refractivity contribution in [3.8, 4) is 0 Å². The molecule has 2 heterocycles. The van der Waals surface area contributed by atoms with Crippen molar-refractivity contribution in [1.82, 2.24) is 9.55 Å². The highest BCUT2D eigenvalue weighted by Crippen LogP contribution is 2.66. The van der Waals surface area contributed by atoms with Gasteiger partial charge in [-0.25, -0.2) is 18.5 Å². The first kappa shape index (κ1) is 27.6. The molecule has 5 N–H and O–H groups in total. The van der Waals surface area contributed by atoms with Gasteiger partial charge in [0.2, 0.25) is 0 Å². The smallest absolute Gasteiger partial charge is 0.369 e. The molecule has 0 radical (unpaired) electrons. The summed E-state index contributed by atoms with van der Waals surface area (Å²) in [5, 5.41) is 3.16. The molecule has 0 spiro atoms. The lowest BCUT2D eigenvalue weighted by atomic mass is 10.2. The standard InChI is InChI=1S/C11H18N5O14P3/c1-6-3-16(11(18)14-10(6)17)9-2-7(26-5-13-15-12)8(28-9)4-27-32(22,23)30-33(24,25)29-31(19,20)21/h3,7-9H,2,4-5H2,1H3,(H,22,23)(H,24,25)(H,14,17,18)(H2,19,20,21). The van der Waals surface area contributed by atoms with Crippen LogP contribution in [-0.4, -0.2) is 54.7 Å². The molecular weight excluding hydrogens is 519 g/mol.